The van der Waals surface area contributed by atoms with E-state index in [-0.39, 0.29) is 35.2 Å². The van der Waals surface area contributed by atoms with Crippen molar-refractivity contribution in [3.05, 3.63) is 36.0 Å². The van der Waals surface area contributed by atoms with Crippen LogP contribution in [-0.2, 0) is 9.47 Å². The molecule has 0 aromatic rings. The molecule has 0 aliphatic rings. The Balaban J connectivity index is 4.78. The van der Waals surface area contributed by atoms with Gasteiger partial charge in [-0.05, 0) is 62.5 Å². The summed E-state index contributed by atoms with van der Waals surface area (Å²) in [6.07, 6.45) is 3.13. The van der Waals surface area contributed by atoms with Gasteiger partial charge >= 0.3 is 0 Å². The summed E-state index contributed by atoms with van der Waals surface area (Å²) in [6.45, 7) is 15.1. The standard InChI is InChI=1S/C20H34F2O2/c1-13(9-11-15(3)23-7)17(5)19(21)20(22)18(6)14(2)10-12-16(4)24-8/h13-16H,5-6,9-12H2,1-4,7-8H3/b20-19-. The van der Waals surface area contributed by atoms with Gasteiger partial charge in [-0.1, -0.05) is 27.0 Å². The highest BCUT2D eigenvalue weighted by atomic mass is 19.2. The highest BCUT2D eigenvalue weighted by Gasteiger charge is 2.21. The Hall–Kier alpha value is -1.00. The molecule has 0 aromatic heterocycles. The summed E-state index contributed by atoms with van der Waals surface area (Å²) in [5.74, 6) is -2.04. The van der Waals surface area contributed by atoms with Crippen LogP contribution < -0.4 is 0 Å². The van der Waals surface area contributed by atoms with E-state index in [4.69, 9.17) is 9.47 Å². The third kappa shape index (κ3) is 7.71. The molecule has 0 amide bonds. The zero-order chi connectivity index (χ0) is 18.9. The number of halogens is 2. The Morgan fingerprint density at radius 3 is 1.25 bits per heavy atom. The summed E-state index contributed by atoms with van der Waals surface area (Å²) in [6, 6.07) is 0. The van der Waals surface area contributed by atoms with Crippen molar-refractivity contribution in [3.8, 4) is 0 Å². The van der Waals surface area contributed by atoms with Gasteiger partial charge in [-0.15, -0.1) is 0 Å². The quantitative estimate of drug-likeness (QED) is 0.395. The molecule has 0 aliphatic heterocycles. The molecule has 0 spiro atoms. The smallest absolute Gasteiger partial charge is 0.161 e. The molecule has 4 heteroatoms. The third-order valence-electron chi connectivity index (χ3n) is 4.76. The van der Waals surface area contributed by atoms with E-state index in [0.29, 0.717) is 12.8 Å². The van der Waals surface area contributed by atoms with Crippen LogP contribution in [0.15, 0.2) is 36.0 Å². The molecule has 0 N–H and O–H groups in total. The average Bonchev–Trinajstić information content (AvgIpc) is 2.60. The molecule has 140 valence electrons. The maximum Gasteiger partial charge on any atom is 0.161 e. The molecule has 0 bridgehead atoms. The first-order chi connectivity index (χ1) is 11.1. The molecule has 4 unspecified atom stereocenters. The molecule has 0 radical (unpaired) electrons. The van der Waals surface area contributed by atoms with Gasteiger partial charge in [0.25, 0.3) is 0 Å². The summed E-state index contributed by atoms with van der Waals surface area (Å²) >= 11 is 0. The lowest BCUT2D eigenvalue weighted by atomic mass is 9.91. The van der Waals surface area contributed by atoms with Gasteiger partial charge < -0.3 is 9.47 Å². The minimum Gasteiger partial charge on any atom is -0.382 e. The monoisotopic (exact) mass is 344 g/mol. The predicted octanol–water partition coefficient (Wildman–Crippen LogP) is 6.15. The van der Waals surface area contributed by atoms with Crippen LogP contribution in [0.4, 0.5) is 8.78 Å². The van der Waals surface area contributed by atoms with E-state index < -0.39 is 11.7 Å². The Labute approximate surface area is 146 Å². The van der Waals surface area contributed by atoms with Gasteiger partial charge in [0.15, 0.2) is 11.7 Å². The van der Waals surface area contributed by atoms with Gasteiger partial charge in [0.05, 0.1) is 12.2 Å². The molecule has 4 atom stereocenters. The van der Waals surface area contributed by atoms with Gasteiger partial charge in [0, 0.05) is 14.2 Å². The molecular weight excluding hydrogens is 310 g/mol. The van der Waals surface area contributed by atoms with E-state index in [9.17, 15) is 8.78 Å². The third-order valence-corrected chi connectivity index (χ3v) is 4.76. The van der Waals surface area contributed by atoms with Crippen molar-refractivity contribution in [2.45, 2.75) is 65.6 Å². The summed E-state index contributed by atoms with van der Waals surface area (Å²) in [7, 11) is 3.28. The van der Waals surface area contributed by atoms with E-state index in [1.54, 1.807) is 14.2 Å². The number of allylic oxidation sites excluding steroid dienone is 4. The molecule has 0 aliphatic carbocycles. The van der Waals surface area contributed by atoms with E-state index >= 15 is 0 Å². The molecule has 0 rings (SSSR count). The summed E-state index contributed by atoms with van der Waals surface area (Å²) in [5, 5.41) is 0. The minimum atomic E-state index is -0.871. The van der Waals surface area contributed by atoms with Crippen LogP contribution in [0.25, 0.3) is 0 Å². The van der Waals surface area contributed by atoms with Gasteiger partial charge in [-0.25, -0.2) is 8.78 Å². The van der Waals surface area contributed by atoms with E-state index in [0.717, 1.165) is 12.8 Å². The second-order valence-electron chi connectivity index (χ2n) is 6.73. The Bertz CT molecular complexity index is 403. The van der Waals surface area contributed by atoms with Crippen molar-refractivity contribution >= 4 is 0 Å². The highest BCUT2D eigenvalue weighted by Crippen LogP contribution is 2.33. The SMILES string of the molecule is C=C(/C(F)=C(/F)C(=C)C(C)CCC(C)OC)C(C)CCC(C)OC. The number of ether oxygens (including phenoxy) is 2. The van der Waals surface area contributed by atoms with Crippen LogP contribution in [0, 0.1) is 11.8 Å². The topological polar surface area (TPSA) is 18.5 Å². The average molecular weight is 344 g/mol. The van der Waals surface area contributed by atoms with Gasteiger partial charge in [-0.2, -0.15) is 0 Å². The second kappa shape index (κ2) is 11.5. The van der Waals surface area contributed by atoms with Crippen molar-refractivity contribution in [2.24, 2.45) is 11.8 Å². The highest BCUT2D eigenvalue weighted by molar-refractivity contribution is 5.36. The first kappa shape index (κ1) is 23.0. The largest absolute Gasteiger partial charge is 0.382 e. The van der Waals surface area contributed by atoms with Crippen LogP contribution in [0.2, 0.25) is 0 Å². The molecular formula is C20H34F2O2. The second-order valence-corrected chi connectivity index (χ2v) is 6.73. The van der Waals surface area contributed by atoms with Crippen molar-refractivity contribution in [2.75, 3.05) is 14.2 Å². The van der Waals surface area contributed by atoms with E-state index in [1.165, 1.54) is 0 Å². The lowest BCUT2D eigenvalue weighted by Gasteiger charge is -2.19. The fourth-order valence-corrected chi connectivity index (χ4v) is 2.27. The number of rotatable bonds is 12. The number of hydrogen-bond donors (Lipinski definition) is 0. The van der Waals surface area contributed by atoms with E-state index in [2.05, 4.69) is 13.2 Å². The fraction of sp³-hybridized carbons (Fsp3) is 0.700. The Morgan fingerprint density at radius 2 is 1.00 bits per heavy atom. The molecule has 0 fully saturated rings. The molecule has 2 nitrogen and oxygen atoms in total. The number of hydrogen-bond acceptors (Lipinski definition) is 2. The summed E-state index contributed by atoms with van der Waals surface area (Å²) < 4.78 is 39.2. The fourth-order valence-electron chi connectivity index (χ4n) is 2.27. The minimum absolute atomic E-state index is 0.0925. The maximum atomic E-state index is 14.4. The van der Waals surface area contributed by atoms with Crippen molar-refractivity contribution in [3.63, 3.8) is 0 Å². The van der Waals surface area contributed by atoms with Crippen molar-refractivity contribution in [1.29, 1.82) is 0 Å². The molecule has 0 saturated carbocycles. The molecule has 24 heavy (non-hydrogen) atoms. The number of methoxy groups -OCH3 is 2. The maximum absolute atomic E-state index is 14.4. The summed E-state index contributed by atoms with van der Waals surface area (Å²) in [4.78, 5) is 0. The molecule has 0 heterocycles. The van der Waals surface area contributed by atoms with Gasteiger partial charge in [0.1, 0.15) is 0 Å². The van der Waals surface area contributed by atoms with Crippen molar-refractivity contribution < 1.29 is 18.3 Å². The van der Waals surface area contributed by atoms with Crippen LogP contribution in [0.1, 0.15) is 53.4 Å². The Kier molecular flexibility index (Phi) is 11.1. The van der Waals surface area contributed by atoms with Crippen molar-refractivity contribution in [1.82, 2.24) is 0 Å². The Morgan fingerprint density at radius 1 is 0.708 bits per heavy atom. The van der Waals surface area contributed by atoms with Crippen LogP contribution in [0.5, 0.6) is 0 Å². The van der Waals surface area contributed by atoms with Crippen LogP contribution in [-0.4, -0.2) is 26.4 Å². The molecule has 0 aromatic carbocycles. The van der Waals surface area contributed by atoms with Crippen LogP contribution in [0.3, 0.4) is 0 Å². The predicted molar refractivity (Wildman–Crippen MR) is 97.3 cm³/mol. The lowest BCUT2D eigenvalue weighted by Crippen LogP contribution is -2.10. The lowest BCUT2D eigenvalue weighted by molar-refractivity contribution is 0.106. The van der Waals surface area contributed by atoms with Crippen LogP contribution >= 0.6 is 0 Å². The summed E-state index contributed by atoms with van der Waals surface area (Å²) in [5.41, 5.74) is 0.379. The van der Waals surface area contributed by atoms with E-state index in [1.807, 2.05) is 27.7 Å². The van der Waals surface area contributed by atoms with Gasteiger partial charge in [0.2, 0.25) is 0 Å². The first-order valence-electron chi connectivity index (χ1n) is 8.64. The normalized spacial score (nSPS) is 17.7. The first-order valence-corrected chi connectivity index (χ1v) is 8.64. The molecule has 0 saturated heterocycles. The van der Waals surface area contributed by atoms with Gasteiger partial charge in [-0.3, -0.25) is 0 Å². The zero-order valence-corrected chi connectivity index (χ0v) is 16.1. The zero-order valence-electron chi connectivity index (χ0n) is 16.1.